The standard InChI is InChI=1S/C19H26N4O2/c1-2-16-10-17(22-21-16)12-20-19(24)11-18-14-23(8-9-25-18)13-15-6-4-3-5-7-15/h3-7,10,18H,2,8-9,11-14H2,1H3,(H,20,24)(H,21,22)/t18-/m0/s1. The first-order chi connectivity index (χ1) is 12.2. The lowest BCUT2D eigenvalue weighted by Crippen LogP contribution is -2.44. The van der Waals surface area contributed by atoms with Crippen molar-refractivity contribution in [3.8, 4) is 0 Å². The average molecular weight is 342 g/mol. The molecule has 1 fully saturated rings. The molecule has 3 rings (SSSR count). The quantitative estimate of drug-likeness (QED) is 0.806. The molecular weight excluding hydrogens is 316 g/mol. The number of hydrogen-bond donors (Lipinski definition) is 2. The Bertz CT molecular complexity index is 671. The maximum absolute atomic E-state index is 12.2. The molecule has 1 saturated heterocycles. The Morgan fingerprint density at radius 1 is 1.40 bits per heavy atom. The summed E-state index contributed by atoms with van der Waals surface area (Å²) in [6, 6.07) is 12.4. The minimum Gasteiger partial charge on any atom is -0.375 e. The summed E-state index contributed by atoms with van der Waals surface area (Å²) in [4.78, 5) is 14.5. The lowest BCUT2D eigenvalue weighted by Gasteiger charge is -2.32. The Morgan fingerprint density at radius 3 is 3.00 bits per heavy atom. The molecule has 1 atom stereocenters. The number of carbonyl (C=O) groups excluding carboxylic acids is 1. The predicted octanol–water partition coefficient (Wildman–Crippen LogP) is 1.88. The van der Waals surface area contributed by atoms with Crippen LogP contribution in [0.5, 0.6) is 0 Å². The molecule has 1 aromatic heterocycles. The van der Waals surface area contributed by atoms with Crippen molar-refractivity contribution in [2.75, 3.05) is 19.7 Å². The van der Waals surface area contributed by atoms with Crippen molar-refractivity contribution in [3.05, 3.63) is 53.3 Å². The highest BCUT2D eigenvalue weighted by atomic mass is 16.5. The Balaban J connectivity index is 1.43. The SMILES string of the molecule is CCc1cc(CNC(=O)C[C@H]2CN(Cc3ccccc3)CCO2)[nH]n1. The number of ether oxygens (including phenoxy) is 1. The molecule has 2 N–H and O–H groups in total. The second-order valence-electron chi connectivity index (χ2n) is 6.43. The van der Waals surface area contributed by atoms with Gasteiger partial charge in [0.15, 0.2) is 0 Å². The molecule has 2 heterocycles. The largest absolute Gasteiger partial charge is 0.375 e. The van der Waals surface area contributed by atoms with E-state index in [1.54, 1.807) is 0 Å². The van der Waals surface area contributed by atoms with E-state index < -0.39 is 0 Å². The monoisotopic (exact) mass is 342 g/mol. The highest BCUT2D eigenvalue weighted by Crippen LogP contribution is 2.12. The van der Waals surface area contributed by atoms with E-state index in [-0.39, 0.29) is 12.0 Å². The van der Waals surface area contributed by atoms with Crippen LogP contribution in [0.1, 0.15) is 30.3 Å². The Hall–Kier alpha value is -2.18. The number of amides is 1. The van der Waals surface area contributed by atoms with Crippen LogP contribution in [-0.2, 0) is 29.0 Å². The number of aromatic amines is 1. The fraction of sp³-hybridized carbons (Fsp3) is 0.474. The van der Waals surface area contributed by atoms with Gasteiger partial charge in [-0.1, -0.05) is 37.3 Å². The van der Waals surface area contributed by atoms with Crippen LogP contribution in [0, 0.1) is 0 Å². The molecule has 0 saturated carbocycles. The van der Waals surface area contributed by atoms with E-state index in [0.717, 1.165) is 37.4 Å². The maximum Gasteiger partial charge on any atom is 0.222 e. The van der Waals surface area contributed by atoms with Crippen LogP contribution in [0.4, 0.5) is 0 Å². The molecule has 134 valence electrons. The van der Waals surface area contributed by atoms with Gasteiger partial charge in [0.2, 0.25) is 5.91 Å². The second-order valence-corrected chi connectivity index (χ2v) is 6.43. The van der Waals surface area contributed by atoms with E-state index in [1.165, 1.54) is 5.56 Å². The lowest BCUT2D eigenvalue weighted by molar-refractivity contribution is -0.126. The molecule has 1 aliphatic heterocycles. The number of aryl methyl sites for hydroxylation is 1. The van der Waals surface area contributed by atoms with Crippen LogP contribution in [-0.4, -0.2) is 46.8 Å². The number of nitrogens with one attached hydrogen (secondary N) is 2. The van der Waals surface area contributed by atoms with Crippen LogP contribution in [0.25, 0.3) is 0 Å². The number of benzene rings is 1. The van der Waals surface area contributed by atoms with Crippen molar-refractivity contribution in [2.24, 2.45) is 0 Å². The molecule has 1 amide bonds. The predicted molar refractivity (Wildman–Crippen MR) is 95.9 cm³/mol. The highest BCUT2D eigenvalue weighted by molar-refractivity contribution is 5.76. The number of hydrogen-bond acceptors (Lipinski definition) is 4. The van der Waals surface area contributed by atoms with E-state index in [2.05, 4.69) is 51.6 Å². The highest BCUT2D eigenvalue weighted by Gasteiger charge is 2.22. The Kier molecular flexibility index (Phi) is 6.19. The molecule has 0 radical (unpaired) electrons. The maximum atomic E-state index is 12.2. The molecule has 25 heavy (non-hydrogen) atoms. The third kappa shape index (κ3) is 5.41. The normalized spacial score (nSPS) is 18.2. The summed E-state index contributed by atoms with van der Waals surface area (Å²) in [5, 5.41) is 10.1. The first-order valence-electron chi connectivity index (χ1n) is 8.90. The van der Waals surface area contributed by atoms with Crippen molar-refractivity contribution < 1.29 is 9.53 Å². The van der Waals surface area contributed by atoms with E-state index in [9.17, 15) is 4.79 Å². The zero-order valence-electron chi connectivity index (χ0n) is 14.7. The minimum atomic E-state index is -0.0505. The number of aromatic nitrogens is 2. The Morgan fingerprint density at radius 2 is 2.24 bits per heavy atom. The third-order valence-corrected chi connectivity index (χ3v) is 4.41. The summed E-state index contributed by atoms with van der Waals surface area (Å²) in [5.41, 5.74) is 3.23. The van der Waals surface area contributed by atoms with Gasteiger partial charge in [0.05, 0.1) is 37.1 Å². The van der Waals surface area contributed by atoms with E-state index >= 15 is 0 Å². The van der Waals surface area contributed by atoms with Crippen molar-refractivity contribution in [1.29, 1.82) is 0 Å². The first-order valence-corrected chi connectivity index (χ1v) is 8.90. The van der Waals surface area contributed by atoms with Gasteiger partial charge >= 0.3 is 0 Å². The van der Waals surface area contributed by atoms with Gasteiger partial charge in [0.25, 0.3) is 0 Å². The van der Waals surface area contributed by atoms with Crippen molar-refractivity contribution in [1.82, 2.24) is 20.4 Å². The molecule has 6 heteroatoms. The molecule has 0 aliphatic carbocycles. The molecule has 0 bridgehead atoms. The third-order valence-electron chi connectivity index (χ3n) is 4.41. The van der Waals surface area contributed by atoms with Gasteiger partial charge in [-0.15, -0.1) is 0 Å². The van der Waals surface area contributed by atoms with Crippen LogP contribution in [0.15, 0.2) is 36.4 Å². The van der Waals surface area contributed by atoms with Gasteiger partial charge < -0.3 is 10.1 Å². The number of morpholine rings is 1. The molecule has 0 unspecified atom stereocenters. The smallest absolute Gasteiger partial charge is 0.222 e. The molecule has 6 nitrogen and oxygen atoms in total. The van der Waals surface area contributed by atoms with Crippen LogP contribution < -0.4 is 5.32 Å². The summed E-state index contributed by atoms with van der Waals surface area (Å²) in [6.07, 6.45) is 1.22. The van der Waals surface area contributed by atoms with Crippen LogP contribution >= 0.6 is 0 Å². The topological polar surface area (TPSA) is 70.2 Å². The van der Waals surface area contributed by atoms with E-state index in [1.807, 2.05) is 12.1 Å². The van der Waals surface area contributed by atoms with Crippen molar-refractivity contribution >= 4 is 5.91 Å². The average Bonchev–Trinajstić information content (AvgIpc) is 3.09. The summed E-state index contributed by atoms with van der Waals surface area (Å²) in [6.45, 7) is 5.79. The molecule has 2 aromatic rings. The van der Waals surface area contributed by atoms with Gasteiger partial charge in [-0.3, -0.25) is 14.8 Å². The van der Waals surface area contributed by atoms with Gasteiger partial charge in [-0.2, -0.15) is 5.10 Å². The fourth-order valence-electron chi connectivity index (χ4n) is 3.04. The number of rotatable bonds is 7. The number of H-pyrrole nitrogens is 1. The zero-order chi connectivity index (χ0) is 17.5. The summed E-state index contributed by atoms with van der Waals surface area (Å²) >= 11 is 0. The molecule has 1 aliphatic rings. The van der Waals surface area contributed by atoms with Crippen LogP contribution in [0.3, 0.4) is 0 Å². The first kappa shape index (κ1) is 17.6. The molecular formula is C19H26N4O2. The minimum absolute atomic E-state index is 0.0132. The summed E-state index contributed by atoms with van der Waals surface area (Å²) in [5.74, 6) is 0.0132. The lowest BCUT2D eigenvalue weighted by atomic mass is 10.1. The van der Waals surface area contributed by atoms with Gasteiger partial charge in [0.1, 0.15) is 0 Å². The molecule has 0 spiro atoms. The number of carbonyl (C=O) groups is 1. The zero-order valence-corrected chi connectivity index (χ0v) is 14.7. The van der Waals surface area contributed by atoms with E-state index in [0.29, 0.717) is 19.6 Å². The van der Waals surface area contributed by atoms with E-state index in [4.69, 9.17) is 4.74 Å². The molecule has 1 aromatic carbocycles. The second kappa shape index (κ2) is 8.78. The van der Waals surface area contributed by atoms with Crippen molar-refractivity contribution in [3.63, 3.8) is 0 Å². The summed E-state index contributed by atoms with van der Waals surface area (Å²) < 4.78 is 5.77. The van der Waals surface area contributed by atoms with Crippen LogP contribution in [0.2, 0.25) is 0 Å². The van der Waals surface area contributed by atoms with Crippen molar-refractivity contribution in [2.45, 2.75) is 39.0 Å². The fourth-order valence-corrected chi connectivity index (χ4v) is 3.04. The van der Waals surface area contributed by atoms with Gasteiger partial charge in [-0.05, 0) is 18.1 Å². The van der Waals surface area contributed by atoms with Gasteiger partial charge in [0, 0.05) is 19.6 Å². The number of nitrogens with zero attached hydrogens (tertiary/aromatic N) is 2. The van der Waals surface area contributed by atoms with Gasteiger partial charge in [-0.25, -0.2) is 0 Å². The summed E-state index contributed by atoms with van der Waals surface area (Å²) in [7, 11) is 0. The Labute approximate surface area is 148 Å².